The van der Waals surface area contributed by atoms with Crippen LogP contribution in [0.5, 0.6) is 0 Å². The molecule has 0 spiro atoms. The minimum atomic E-state index is -4.48. The number of alkyl halides is 3. The first-order valence-electron chi connectivity index (χ1n) is 9.35. The van der Waals surface area contributed by atoms with Gasteiger partial charge in [-0.05, 0) is 61.0 Å². The molecule has 1 aliphatic rings. The number of anilines is 1. The van der Waals surface area contributed by atoms with Crippen LogP contribution in [0, 0.1) is 0 Å². The number of rotatable bonds is 4. The normalized spacial score (nSPS) is 15.0. The molecule has 0 unspecified atom stereocenters. The molecule has 4 nitrogen and oxygen atoms in total. The lowest BCUT2D eigenvalue weighted by molar-refractivity contribution is -0.137. The van der Waals surface area contributed by atoms with E-state index in [0.717, 1.165) is 17.8 Å². The van der Waals surface area contributed by atoms with E-state index in [-0.39, 0.29) is 22.3 Å². The quantitative estimate of drug-likeness (QED) is 0.504. The number of nitrogens with zero attached hydrogens (tertiary/aromatic N) is 2. The highest BCUT2D eigenvalue weighted by atomic mass is 35.5. The van der Waals surface area contributed by atoms with Gasteiger partial charge in [-0.15, -0.1) is 0 Å². The lowest BCUT2D eigenvalue weighted by Crippen LogP contribution is -2.48. The summed E-state index contributed by atoms with van der Waals surface area (Å²) in [5.74, 6) is -0.278. The van der Waals surface area contributed by atoms with Gasteiger partial charge in [0.05, 0.1) is 5.56 Å². The van der Waals surface area contributed by atoms with Crippen molar-refractivity contribution < 1.29 is 22.8 Å². The van der Waals surface area contributed by atoms with Gasteiger partial charge in [0, 0.05) is 48.5 Å². The Morgan fingerprint density at radius 3 is 2.20 bits per heavy atom. The summed E-state index contributed by atoms with van der Waals surface area (Å²) in [5, 5.41) is 0.144. The highest BCUT2D eigenvalue weighted by Crippen LogP contribution is 2.32. The van der Waals surface area contributed by atoms with Gasteiger partial charge in [0.2, 0.25) is 5.91 Å². The summed E-state index contributed by atoms with van der Waals surface area (Å²) in [5.41, 5.74) is 0.941. The van der Waals surface area contributed by atoms with E-state index >= 15 is 0 Å². The number of Topliss-reactive ketones (excluding diaryl/α,β-unsaturated/α-hetero) is 1. The zero-order valence-electron chi connectivity index (χ0n) is 16.2. The fourth-order valence-electron chi connectivity index (χ4n) is 3.21. The third kappa shape index (κ3) is 5.21. The van der Waals surface area contributed by atoms with Crippen LogP contribution >= 0.6 is 11.6 Å². The molecule has 0 aliphatic carbocycles. The number of piperazine rings is 1. The van der Waals surface area contributed by atoms with E-state index in [9.17, 15) is 22.8 Å². The molecule has 158 valence electrons. The van der Waals surface area contributed by atoms with Crippen LogP contribution in [0.3, 0.4) is 0 Å². The molecule has 0 saturated carbocycles. The number of hydrogen-bond acceptors (Lipinski definition) is 3. The maximum Gasteiger partial charge on any atom is 0.416 e. The first-order valence-corrected chi connectivity index (χ1v) is 9.72. The highest BCUT2D eigenvalue weighted by Gasteiger charge is 2.30. The molecule has 0 aromatic heterocycles. The lowest BCUT2D eigenvalue weighted by atomic mass is 10.1. The van der Waals surface area contributed by atoms with E-state index in [1.54, 1.807) is 17.0 Å². The van der Waals surface area contributed by atoms with Crippen molar-refractivity contribution >= 4 is 35.1 Å². The van der Waals surface area contributed by atoms with Gasteiger partial charge in [0.25, 0.3) is 0 Å². The second kappa shape index (κ2) is 8.92. The standard InChI is InChI=1S/C22H20ClF3N2O2/c1-15(29)16-2-6-19(7-3-16)27-10-12-28(13-11-27)21(30)9-4-17-14-18(22(24,25)26)5-8-20(17)23/h2-9,14H,10-13H2,1H3/b9-4+. The molecule has 1 aliphatic heterocycles. The van der Waals surface area contributed by atoms with E-state index in [4.69, 9.17) is 11.6 Å². The number of halogens is 4. The third-order valence-corrected chi connectivity index (χ3v) is 5.30. The molecule has 1 fully saturated rings. The van der Waals surface area contributed by atoms with Crippen LogP contribution in [0.25, 0.3) is 6.08 Å². The Balaban J connectivity index is 1.61. The van der Waals surface area contributed by atoms with Crippen LogP contribution < -0.4 is 4.90 Å². The summed E-state index contributed by atoms with van der Waals surface area (Å²) in [4.78, 5) is 27.6. The maximum atomic E-state index is 12.9. The number of carbonyl (C=O) groups is 2. The predicted molar refractivity (Wildman–Crippen MR) is 111 cm³/mol. The summed E-state index contributed by atoms with van der Waals surface area (Å²) in [6, 6.07) is 10.3. The van der Waals surface area contributed by atoms with Gasteiger partial charge in [-0.2, -0.15) is 13.2 Å². The zero-order chi connectivity index (χ0) is 21.9. The summed E-state index contributed by atoms with van der Waals surface area (Å²) in [6.45, 7) is 3.70. The number of hydrogen-bond donors (Lipinski definition) is 0. The Hall–Kier alpha value is -2.80. The van der Waals surface area contributed by atoms with E-state index < -0.39 is 11.7 Å². The molecule has 8 heteroatoms. The van der Waals surface area contributed by atoms with Crippen molar-refractivity contribution in [3.05, 3.63) is 70.3 Å². The predicted octanol–water partition coefficient (Wildman–Crippen LogP) is 4.92. The highest BCUT2D eigenvalue weighted by molar-refractivity contribution is 6.32. The van der Waals surface area contributed by atoms with Crippen LogP contribution in [0.15, 0.2) is 48.5 Å². The average molecular weight is 437 g/mol. The van der Waals surface area contributed by atoms with Crippen LogP contribution in [-0.4, -0.2) is 42.8 Å². The zero-order valence-corrected chi connectivity index (χ0v) is 17.0. The smallest absolute Gasteiger partial charge is 0.368 e. The Labute approximate surface area is 177 Å². The molecule has 0 N–H and O–H groups in total. The van der Waals surface area contributed by atoms with Crippen LogP contribution in [0.4, 0.5) is 18.9 Å². The van der Waals surface area contributed by atoms with Crippen LogP contribution in [0.2, 0.25) is 5.02 Å². The molecule has 1 amide bonds. The van der Waals surface area contributed by atoms with Crippen molar-refractivity contribution in [2.75, 3.05) is 31.1 Å². The first-order chi connectivity index (χ1) is 14.1. The summed E-state index contributed by atoms with van der Waals surface area (Å²) < 4.78 is 38.6. The van der Waals surface area contributed by atoms with Gasteiger partial charge in [-0.3, -0.25) is 9.59 Å². The molecule has 2 aromatic rings. The third-order valence-electron chi connectivity index (χ3n) is 4.96. The Bertz CT molecular complexity index is 963. The van der Waals surface area contributed by atoms with Gasteiger partial charge in [0.15, 0.2) is 5.78 Å². The molecule has 3 rings (SSSR count). The van der Waals surface area contributed by atoms with Crippen molar-refractivity contribution in [3.8, 4) is 0 Å². The largest absolute Gasteiger partial charge is 0.416 e. The average Bonchev–Trinajstić information content (AvgIpc) is 2.72. The maximum absolute atomic E-state index is 12.9. The molecule has 0 bridgehead atoms. The molecule has 0 radical (unpaired) electrons. The van der Waals surface area contributed by atoms with Crippen molar-refractivity contribution in [1.82, 2.24) is 4.90 Å². The van der Waals surface area contributed by atoms with E-state index in [1.807, 2.05) is 12.1 Å². The van der Waals surface area contributed by atoms with Gasteiger partial charge < -0.3 is 9.80 Å². The van der Waals surface area contributed by atoms with Crippen molar-refractivity contribution in [3.63, 3.8) is 0 Å². The molecule has 1 saturated heterocycles. The van der Waals surface area contributed by atoms with Crippen molar-refractivity contribution in [2.24, 2.45) is 0 Å². The van der Waals surface area contributed by atoms with E-state index in [2.05, 4.69) is 4.90 Å². The second-order valence-electron chi connectivity index (χ2n) is 6.98. The van der Waals surface area contributed by atoms with Gasteiger partial charge in [-0.1, -0.05) is 11.6 Å². The number of benzene rings is 2. The minimum absolute atomic E-state index is 0.00428. The summed E-state index contributed by atoms with van der Waals surface area (Å²) in [7, 11) is 0. The molecule has 2 aromatic carbocycles. The summed E-state index contributed by atoms with van der Waals surface area (Å²) >= 11 is 5.96. The fourth-order valence-corrected chi connectivity index (χ4v) is 3.39. The molecular weight excluding hydrogens is 417 g/mol. The van der Waals surface area contributed by atoms with Crippen molar-refractivity contribution in [2.45, 2.75) is 13.1 Å². The Morgan fingerprint density at radius 2 is 1.63 bits per heavy atom. The Kier molecular flexibility index (Phi) is 6.51. The topological polar surface area (TPSA) is 40.6 Å². The summed E-state index contributed by atoms with van der Waals surface area (Å²) in [6.07, 6.45) is -1.92. The van der Waals surface area contributed by atoms with Crippen molar-refractivity contribution in [1.29, 1.82) is 0 Å². The number of amides is 1. The molecule has 30 heavy (non-hydrogen) atoms. The SMILES string of the molecule is CC(=O)c1ccc(N2CCN(C(=O)/C=C/c3cc(C(F)(F)F)ccc3Cl)CC2)cc1. The lowest BCUT2D eigenvalue weighted by Gasteiger charge is -2.35. The van der Waals surface area contributed by atoms with E-state index in [0.29, 0.717) is 31.7 Å². The van der Waals surface area contributed by atoms with Gasteiger partial charge >= 0.3 is 6.18 Å². The van der Waals surface area contributed by atoms with Crippen LogP contribution in [0.1, 0.15) is 28.4 Å². The molecule has 1 heterocycles. The van der Waals surface area contributed by atoms with E-state index in [1.165, 1.54) is 25.1 Å². The molecule has 0 atom stereocenters. The second-order valence-corrected chi connectivity index (χ2v) is 7.39. The van der Waals surface area contributed by atoms with Gasteiger partial charge in [0.1, 0.15) is 0 Å². The molecular formula is C22H20ClF3N2O2. The monoisotopic (exact) mass is 436 g/mol. The number of ketones is 1. The minimum Gasteiger partial charge on any atom is -0.368 e. The first kappa shape index (κ1) is 21.9. The van der Waals surface area contributed by atoms with Crippen LogP contribution in [-0.2, 0) is 11.0 Å². The van der Waals surface area contributed by atoms with Gasteiger partial charge in [-0.25, -0.2) is 0 Å². The number of carbonyl (C=O) groups excluding carboxylic acids is 2. The Morgan fingerprint density at radius 1 is 1.00 bits per heavy atom. The fraction of sp³-hybridized carbons (Fsp3) is 0.273.